The van der Waals surface area contributed by atoms with E-state index < -0.39 is 0 Å². The minimum Gasteiger partial charge on any atom is -0.392 e. The number of aliphatic hydroxyl groups is 1. The lowest BCUT2D eigenvalue weighted by Gasteiger charge is -2.12. The van der Waals surface area contributed by atoms with Gasteiger partial charge in [0, 0.05) is 17.3 Å². The first-order valence-corrected chi connectivity index (χ1v) is 9.18. The largest absolute Gasteiger partial charge is 0.392 e. The van der Waals surface area contributed by atoms with Crippen molar-refractivity contribution in [2.45, 2.75) is 25.4 Å². The second-order valence-electron chi connectivity index (χ2n) is 7.07. The first kappa shape index (κ1) is 16.0. The molecule has 0 radical (unpaired) electrons. The fraction of sp³-hybridized carbons (Fsp3) is 0.182. The van der Waals surface area contributed by atoms with Crippen molar-refractivity contribution in [2.24, 2.45) is 0 Å². The second kappa shape index (κ2) is 6.21. The van der Waals surface area contributed by atoms with E-state index in [9.17, 15) is 5.11 Å². The molecular weight excluding hydrogens is 336 g/mol. The van der Waals surface area contributed by atoms with Gasteiger partial charge in [-0.15, -0.1) is 0 Å². The molecule has 2 heterocycles. The van der Waals surface area contributed by atoms with E-state index in [1.165, 1.54) is 18.4 Å². The number of nitrogens with zero attached hydrogens (tertiary/aromatic N) is 2. The van der Waals surface area contributed by atoms with E-state index in [2.05, 4.69) is 45.3 Å². The molecule has 0 aliphatic heterocycles. The predicted molar refractivity (Wildman–Crippen MR) is 107 cm³/mol. The summed E-state index contributed by atoms with van der Waals surface area (Å²) >= 11 is 0. The van der Waals surface area contributed by atoms with Crippen molar-refractivity contribution >= 4 is 17.0 Å². The third-order valence-electron chi connectivity index (χ3n) is 5.24. The molecule has 134 valence electrons. The molecule has 2 aromatic heterocycles. The predicted octanol–water partition coefficient (Wildman–Crippen LogP) is 4.24. The summed E-state index contributed by atoms with van der Waals surface area (Å²) in [5.74, 6) is 0.848. The molecule has 0 saturated heterocycles. The molecule has 4 aromatic rings. The van der Waals surface area contributed by atoms with Gasteiger partial charge in [-0.05, 0) is 35.4 Å². The number of aromatic amines is 1. The summed E-state index contributed by atoms with van der Waals surface area (Å²) in [4.78, 5) is 12.2. The number of aliphatic hydroxyl groups excluding tert-OH is 1. The van der Waals surface area contributed by atoms with Crippen LogP contribution in [0.2, 0.25) is 0 Å². The van der Waals surface area contributed by atoms with E-state index in [1.807, 2.05) is 24.4 Å². The molecule has 0 spiro atoms. The molecule has 1 aliphatic carbocycles. The van der Waals surface area contributed by atoms with Crippen LogP contribution in [0.1, 0.15) is 29.9 Å². The monoisotopic (exact) mass is 356 g/mol. The summed E-state index contributed by atoms with van der Waals surface area (Å²) in [6, 6.07) is 16.4. The third kappa shape index (κ3) is 2.76. The standard InChI is InChI=1S/C22H20N4O/c23-22-25-20(17-9-8-15(13-6-7-13)10-16(17)12-27)19-18(11-24-21(19)26-22)14-4-2-1-3-5-14/h1-5,8-11,13,27H,6-7,12H2,(H3,23,24,25,26). The molecule has 5 heteroatoms. The summed E-state index contributed by atoms with van der Waals surface area (Å²) in [5, 5.41) is 10.9. The number of anilines is 1. The van der Waals surface area contributed by atoms with E-state index in [0.717, 1.165) is 33.3 Å². The minimum atomic E-state index is -0.0353. The molecule has 1 fully saturated rings. The Morgan fingerprint density at radius 1 is 1.04 bits per heavy atom. The van der Waals surface area contributed by atoms with Crippen molar-refractivity contribution in [1.29, 1.82) is 0 Å². The van der Waals surface area contributed by atoms with Crippen LogP contribution in [0, 0.1) is 0 Å². The summed E-state index contributed by atoms with van der Waals surface area (Å²) in [5.41, 5.74) is 12.6. The summed E-state index contributed by atoms with van der Waals surface area (Å²) < 4.78 is 0. The van der Waals surface area contributed by atoms with Gasteiger partial charge in [0.1, 0.15) is 5.65 Å². The number of fused-ring (bicyclic) bond motifs is 1. The quantitative estimate of drug-likeness (QED) is 0.510. The van der Waals surface area contributed by atoms with Crippen LogP contribution in [0.25, 0.3) is 33.4 Å². The summed E-state index contributed by atoms with van der Waals surface area (Å²) in [6.07, 6.45) is 4.39. The van der Waals surface area contributed by atoms with E-state index >= 15 is 0 Å². The lowest BCUT2D eigenvalue weighted by molar-refractivity contribution is 0.282. The van der Waals surface area contributed by atoms with Crippen molar-refractivity contribution in [3.05, 3.63) is 65.9 Å². The number of rotatable bonds is 4. The fourth-order valence-electron chi connectivity index (χ4n) is 3.74. The van der Waals surface area contributed by atoms with Crippen molar-refractivity contribution in [3.8, 4) is 22.4 Å². The zero-order chi connectivity index (χ0) is 18.4. The van der Waals surface area contributed by atoms with E-state index in [0.29, 0.717) is 11.6 Å². The zero-order valence-corrected chi connectivity index (χ0v) is 14.8. The number of hydrogen-bond acceptors (Lipinski definition) is 4. The Morgan fingerprint density at radius 2 is 1.85 bits per heavy atom. The SMILES string of the molecule is Nc1nc(-c2ccc(C3CC3)cc2CO)c2c(-c3ccccc3)c[nH]c2n1. The Balaban J connectivity index is 1.77. The Labute approximate surface area is 156 Å². The van der Waals surface area contributed by atoms with Crippen molar-refractivity contribution in [1.82, 2.24) is 15.0 Å². The summed E-state index contributed by atoms with van der Waals surface area (Å²) in [7, 11) is 0. The van der Waals surface area contributed by atoms with Gasteiger partial charge in [0.25, 0.3) is 0 Å². The van der Waals surface area contributed by atoms with Gasteiger partial charge in [0.15, 0.2) is 0 Å². The number of H-pyrrole nitrogens is 1. The molecule has 1 aliphatic rings. The lowest BCUT2D eigenvalue weighted by atomic mass is 9.96. The van der Waals surface area contributed by atoms with Crippen molar-refractivity contribution in [3.63, 3.8) is 0 Å². The normalized spacial score (nSPS) is 14.0. The van der Waals surface area contributed by atoms with Crippen LogP contribution in [0.4, 0.5) is 5.95 Å². The number of nitrogens with one attached hydrogen (secondary N) is 1. The average Bonchev–Trinajstić information content (AvgIpc) is 3.47. The highest BCUT2D eigenvalue weighted by molar-refractivity contribution is 6.03. The Kier molecular flexibility index (Phi) is 3.69. The van der Waals surface area contributed by atoms with Crippen molar-refractivity contribution < 1.29 is 5.11 Å². The van der Waals surface area contributed by atoms with Crippen LogP contribution in [0.15, 0.2) is 54.7 Å². The molecule has 27 heavy (non-hydrogen) atoms. The minimum absolute atomic E-state index is 0.0353. The Hall–Kier alpha value is -3.18. The topological polar surface area (TPSA) is 87.8 Å². The van der Waals surface area contributed by atoms with Crippen LogP contribution in [-0.2, 0) is 6.61 Å². The maximum absolute atomic E-state index is 10.0. The van der Waals surface area contributed by atoms with Gasteiger partial charge in [0.05, 0.1) is 17.7 Å². The number of benzene rings is 2. The van der Waals surface area contributed by atoms with Crippen LogP contribution < -0.4 is 5.73 Å². The maximum atomic E-state index is 10.0. The molecule has 0 unspecified atom stereocenters. The van der Waals surface area contributed by atoms with Gasteiger partial charge in [0.2, 0.25) is 5.95 Å². The molecule has 5 rings (SSSR count). The van der Waals surface area contributed by atoms with Gasteiger partial charge in [-0.25, -0.2) is 4.98 Å². The smallest absolute Gasteiger partial charge is 0.222 e. The van der Waals surface area contributed by atoms with E-state index in [-0.39, 0.29) is 12.6 Å². The molecule has 0 atom stereocenters. The van der Waals surface area contributed by atoms with Gasteiger partial charge >= 0.3 is 0 Å². The molecule has 4 N–H and O–H groups in total. The molecule has 0 bridgehead atoms. The highest BCUT2D eigenvalue weighted by Gasteiger charge is 2.25. The van der Waals surface area contributed by atoms with Crippen LogP contribution in [-0.4, -0.2) is 20.1 Å². The van der Waals surface area contributed by atoms with Gasteiger partial charge in [-0.1, -0.05) is 48.5 Å². The number of nitrogens with two attached hydrogens (primary N) is 1. The number of hydrogen-bond donors (Lipinski definition) is 3. The molecule has 0 amide bonds. The Bertz CT molecular complexity index is 1130. The van der Waals surface area contributed by atoms with Crippen LogP contribution in [0.5, 0.6) is 0 Å². The highest BCUT2D eigenvalue weighted by atomic mass is 16.3. The second-order valence-corrected chi connectivity index (χ2v) is 7.07. The van der Waals surface area contributed by atoms with E-state index in [1.54, 1.807) is 0 Å². The van der Waals surface area contributed by atoms with Gasteiger partial charge in [-0.2, -0.15) is 4.98 Å². The average molecular weight is 356 g/mol. The zero-order valence-electron chi connectivity index (χ0n) is 14.8. The molecule has 5 nitrogen and oxygen atoms in total. The summed E-state index contributed by atoms with van der Waals surface area (Å²) in [6.45, 7) is -0.0353. The van der Waals surface area contributed by atoms with Gasteiger partial charge in [-0.3, -0.25) is 0 Å². The number of aromatic nitrogens is 3. The lowest BCUT2D eigenvalue weighted by Crippen LogP contribution is -2.00. The van der Waals surface area contributed by atoms with E-state index in [4.69, 9.17) is 5.73 Å². The van der Waals surface area contributed by atoms with Gasteiger partial charge < -0.3 is 15.8 Å². The fourth-order valence-corrected chi connectivity index (χ4v) is 3.74. The first-order chi connectivity index (χ1) is 13.2. The molecular formula is C22H20N4O. The third-order valence-corrected chi connectivity index (χ3v) is 5.24. The maximum Gasteiger partial charge on any atom is 0.222 e. The van der Waals surface area contributed by atoms with Crippen LogP contribution >= 0.6 is 0 Å². The highest BCUT2D eigenvalue weighted by Crippen LogP contribution is 2.42. The molecule has 1 saturated carbocycles. The first-order valence-electron chi connectivity index (χ1n) is 9.18. The molecule has 2 aromatic carbocycles. The number of nitrogen functional groups attached to an aromatic ring is 1. The Morgan fingerprint density at radius 3 is 2.59 bits per heavy atom. The van der Waals surface area contributed by atoms with Crippen LogP contribution in [0.3, 0.4) is 0 Å². The van der Waals surface area contributed by atoms with Crippen molar-refractivity contribution in [2.75, 3.05) is 5.73 Å².